The summed E-state index contributed by atoms with van der Waals surface area (Å²) < 4.78 is 5.76. The molecule has 1 aromatic rings. The van der Waals surface area contributed by atoms with E-state index >= 15 is 0 Å². The molecule has 0 bridgehead atoms. The van der Waals surface area contributed by atoms with Crippen molar-refractivity contribution in [3.05, 3.63) is 23.0 Å². The van der Waals surface area contributed by atoms with E-state index in [4.69, 9.17) is 15.9 Å². The predicted molar refractivity (Wildman–Crippen MR) is 76.9 cm³/mol. The number of morpholine rings is 1. The minimum atomic E-state index is 0.0757. The van der Waals surface area contributed by atoms with Crippen LogP contribution >= 0.6 is 0 Å². The molecule has 5 heteroatoms. The zero-order valence-electron chi connectivity index (χ0n) is 12.0. The normalized spacial score (nSPS) is 23.5. The summed E-state index contributed by atoms with van der Waals surface area (Å²) >= 11 is 0. The second-order valence-corrected chi connectivity index (χ2v) is 5.32. The molecule has 5 nitrogen and oxygen atoms in total. The van der Waals surface area contributed by atoms with Crippen molar-refractivity contribution in [1.82, 2.24) is 4.98 Å². The standard InChI is InChI=1S/C14H22N4O/c1-8-5-12(13(14(15)16)11(4)17-8)18-6-9(2)19-10(3)7-18/h5,9-10H,6-7H2,1-4H3,(H3,15,16). The van der Waals surface area contributed by atoms with Gasteiger partial charge in [-0.15, -0.1) is 0 Å². The Balaban J connectivity index is 2.45. The fraction of sp³-hybridized carbons (Fsp3) is 0.571. The lowest BCUT2D eigenvalue weighted by atomic mass is 10.1. The molecule has 104 valence electrons. The van der Waals surface area contributed by atoms with E-state index in [0.29, 0.717) is 0 Å². The highest BCUT2D eigenvalue weighted by Gasteiger charge is 2.25. The maximum Gasteiger partial charge on any atom is 0.126 e. The lowest BCUT2D eigenvalue weighted by Crippen LogP contribution is -2.46. The molecule has 0 aromatic carbocycles. The Morgan fingerprint density at radius 3 is 2.47 bits per heavy atom. The molecule has 0 radical (unpaired) electrons. The molecule has 1 fully saturated rings. The van der Waals surface area contributed by atoms with Crippen molar-refractivity contribution in [3.63, 3.8) is 0 Å². The van der Waals surface area contributed by atoms with Crippen molar-refractivity contribution in [2.24, 2.45) is 5.73 Å². The number of nitrogen functional groups attached to an aromatic ring is 1. The van der Waals surface area contributed by atoms with Gasteiger partial charge >= 0.3 is 0 Å². The molecule has 0 spiro atoms. The number of hydrogen-bond acceptors (Lipinski definition) is 4. The Morgan fingerprint density at radius 1 is 1.37 bits per heavy atom. The van der Waals surface area contributed by atoms with Gasteiger partial charge in [0.15, 0.2) is 0 Å². The van der Waals surface area contributed by atoms with Gasteiger partial charge in [0.25, 0.3) is 0 Å². The Bertz CT molecular complexity index is 490. The highest BCUT2D eigenvalue weighted by molar-refractivity contribution is 6.01. The largest absolute Gasteiger partial charge is 0.384 e. The number of nitrogens with zero attached hydrogens (tertiary/aromatic N) is 2. The number of aryl methyl sites for hydroxylation is 2. The van der Waals surface area contributed by atoms with Crippen LogP contribution in [0.5, 0.6) is 0 Å². The fourth-order valence-corrected chi connectivity index (χ4v) is 2.76. The number of ether oxygens (including phenoxy) is 1. The number of rotatable bonds is 2. The number of aromatic nitrogens is 1. The molecule has 1 saturated heterocycles. The van der Waals surface area contributed by atoms with Gasteiger partial charge in [0.1, 0.15) is 5.84 Å². The maximum atomic E-state index is 7.79. The summed E-state index contributed by atoms with van der Waals surface area (Å²) in [4.78, 5) is 6.66. The highest BCUT2D eigenvalue weighted by Crippen LogP contribution is 2.26. The zero-order valence-corrected chi connectivity index (χ0v) is 12.0. The van der Waals surface area contributed by atoms with Gasteiger partial charge in [-0.25, -0.2) is 0 Å². The molecular formula is C14H22N4O. The molecule has 2 unspecified atom stereocenters. The molecule has 2 atom stereocenters. The highest BCUT2D eigenvalue weighted by atomic mass is 16.5. The number of pyridine rings is 1. The molecular weight excluding hydrogens is 240 g/mol. The van der Waals surface area contributed by atoms with Gasteiger partial charge in [0.2, 0.25) is 0 Å². The lowest BCUT2D eigenvalue weighted by Gasteiger charge is -2.38. The third-order valence-electron chi connectivity index (χ3n) is 3.34. The van der Waals surface area contributed by atoms with Gasteiger partial charge in [-0.1, -0.05) is 0 Å². The molecule has 2 rings (SSSR count). The Kier molecular flexibility index (Phi) is 3.75. The second-order valence-electron chi connectivity index (χ2n) is 5.32. The minimum Gasteiger partial charge on any atom is -0.384 e. The van der Waals surface area contributed by atoms with Crippen LogP contribution in [0.25, 0.3) is 0 Å². The van der Waals surface area contributed by atoms with E-state index in [1.807, 2.05) is 19.9 Å². The van der Waals surface area contributed by atoms with Gasteiger partial charge in [0.05, 0.1) is 29.2 Å². The molecule has 0 amide bonds. The van der Waals surface area contributed by atoms with E-state index in [1.165, 1.54) is 0 Å². The number of hydrogen-bond donors (Lipinski definition) is 2. The quantitative estimate of drug-likeness (QED) is 0.627. The van der Waals surface area contributed by atoms with Crippen LogP contribution in [0, 0.1) is 19.3 Å². The summed E-state index contributed by atoms with van der Waals surface area (Å²) in [5, 5.41) is 7.79. The minimum absolute atomic E-state index is 0.0757. The molecule has 1 aliphatic rings. The summed E-state index contributed by atoms with van der Waals surface area (Å²) in [7, 11) is 0. The van der Waals surface area contributed by atoms with Crippen LogP contribution in [0.4, 0.5) is 5.69 Å². The molecule has 1 aliphatic heterocycles. The van der Waals surface area contributed by atoms with Crippen LogP contribution in [0.1, 0.15) is 30.8 Å². The third-order valence-corrected chi connectivity index (χ3v) is 3.34. The van der Waals surface area contributed by atoms with E-state index in [0.717, 1.165) is 35.7 Å². The molecule has 19 heavy (non-hydrogen) atoms. The van der Waals surface area contributed by atoms with Crippen LogP contribution < -0.4 is 10.6 Å². The van der Waals surface area contributed by atoms with Gasteiger partial charge in [-0.05, 0) is 33.8 Å². The number of anilines is 1. The van der Waals surface area contributed by atoms with Crippen LogP contribution in [-0.2, 0) is 4.74 Å². The summed E-state index contributed by atoms with van der Waals surface area (Å²) in [5.74, 6) is 0.0757. The van der Waals surface area contributed by atoms with Crippen molar-refractivity contribution in [2.75, 3.05) is 18.0 Å². The first-order valence-electron chi connectivity index (χ1n) is 6.61. The smallest absolute Gasteiger partial charge is 0.126 e. The Hall–Kier alpha value is -1.62. The molecule has 0 aliphatic carbocycles. The zero-order chi connectivity index (χ0) is 14.2. The van der Waals surface area contributed by atoms with E-state index in [9.17, 15) is 0 Å². The first kappa shape index (κ1) is 13.8. The summed E-state index contributed by atoms with van der Waals surface area (Å²) in [6.45, 7) is 9.63. The maximum absolute atomic E-state index is 7.79. The van der Waals surface area contributed by atoms with Crippen molar-refractivity contribution in [3.8, 4) is 0 Å². The Labute approximate surface area is 114 Å². The van der Waals surface area contributed by atoms with Crippen molar-refractivity contribution >= 4 is 11.5 Å². The first-order valence-corrected chi connectivity index (χ1v) is 6.61. The fourth-order valence-electron chi connectivity index (χ4n) is 2.76. The van der Waals surface area contributed by atoms with Crippen LogP contribution in [0.2, 0.25) is 0 Å². The summed E-state index contributed by atoms with van der Waals surface area (Å²) in [6.07, 6.45) is 0.356. The van der Waals surface area contributed by atoms with Crippen molar-refractivity contribution in [2.45, 2.75) is 39.9 Å². The average Bonchev–Trinajstić information content (AvgIpc) is 2.25. The van der Waals surface area contributed by atoms with Gasteiger partial charge in [-0.2, -0.15) is 0 Å². The van der Waals surface area contributed by atoms with E-state index in [1.54, 1.807) is 0 Å². The topological polar surface area (TPSA) is 75.2 Å². The van der Waals surface area contributed by atoms with Crippen LogP contribution in [0.15, 0.2) is 6.07 Å². The summed E-state index contributed by atoms with van der Waals surface area (Å²) in [6, 6.07) is 2.01. The number of nitrogens with one attached hydrogen (secondary N) is 1. The number of amidine groups is 1. The first-order chi connectivity index (χ1) is 8.88. The lowest BCUT2D eigenvalue weighted by molar-refractivity contribution is -0.00523. The van der Waals surface area contributed by atoms with Crippen LogP contribution in [0.3, 0.4) is 0 Å². The van der Waals surface area contributed by atoms with Gasteiger partial charge in [-0.3, -0.25) is 10.4 Å². The van der Waals surface area contributed by atoms with Crippen LogP contribution in [-0.4, -0.2) is 36.1 Å². The van der Waals surface area contributed by atoms with Gasteiger partial charge < -0.3 is 15.4 Å². The molecule has 1 aromatic heterocycles. The predicted octanol–water partition coefficient (Wildman–Crippen LogP) is 1.60. The summed E-state index contributed by atoms with van der Waals surface area (Å²) in [5.41, 5.74) is 9.23. The molecule has 0 saturated carbocycles. The molecule has 3 N–H and O–H groups in total. The Morgan fingerprint density at radius 2 is 1.95 bits per heavy atom. The average molecular weight is 262 g/mol. The van der Waals surface area contributed by atoms with E-state index in [-0.39, 0.29) is 18.0 Å². The SMILES string of the molecule is Cc1cc(N2CC(C)OC(C)C2)c(C(=N)N)c(C)n1. The van der Waals surface area contributed by atoms with E-state index in [2.05, 4.69) is 23.7 Å². The van der Waals surface area contributed by atoms with Crippen molar-refractivity contribution < 1.29 is 4.74 Å². The monoisotopic (exact) mass is 262 g/mol. The third kappa shape index (κ3) is 2.87. The number of nitrogens with two attached hydrogens (primary N) is 1. The van der Waals surface area contributed by atoms with Crippen molar-refractivity contribution in [1.29, 1.82) is 5.41 Å². The van der Waals surface area contributed by atoms with E-state index < -0.39 is 0 Å². The molecule has 2 heterocycles. The van der Waals surface area contributed by atoms with Gasteiger partial charge in [0, 0.05) is 18.8 Å². The second kappa shape index (κ2) is 5.17.